The minimum atomic E-state index is -0.120. The van der Waals surface area contributed by atoms with Crippen LogP contribution in [0.5, 0.6) is 0 Å². The Kier molecular flexibility index (Phi) is 39.6. The van der Waals surface area contributed by atoms with Crippen LogP contribution in [0.4, 0.5) is 0 Å². The van der Waals surface area contributed by atoms with Gasteiger partial charge in [-0.1, -0.05) is 169 Å². The Balaban J connectivity index is 4.53. The molecule has 0 amide bonds. The molecule has 0 bridgehead atoms. The van der Waals surface area contributed by atoms with Crippen LogP contribution in [0, 0.1) is 11.8 Å². The van der Waals surface area contributed by atoms with E-state index in [4.69, 9.17) is 14.2 Å². The monoisotopic (exact) mass is 822 g/mol. The van der Waals surface area contributed by atoms with E-state index in [-0.39, 0.29) is 36.1 Å². The third kappa shape index (κ3) is 35.2. The maximum Gasteiger partial charge on any atom is 0.320 e. The van der Waals surface area contributed by atoms with Gasteiger partial charge in [0.25, 0.3) is 0 Å². The van der Waals surface area contributed by atoms with Crippen LogP contribution < -0.4 is 0 Å². The van der Waals surface area contributed by atoms with Crippen molar-refractivity contribution in [3.63, 3.8) is 0 Å². The third-order valence-corrected chi connectivity index (χ3v) is 12.2. The standard InChI is InChI=1S/C51H99NO6/c1-9-13-23-31-46(32-24-14-10-2)39-41-56-49(53)37-29-21-17-19-27-35-48(58-51(55)43-52(44(5)6)45(7)8)36-28-20-18-22-30-38-50(54)57-42-40-47(33-25-15-11-3)34-26-16-12-4/h44-48H,9-43H2,1-8H3. The van der Waals surface area contributed by atoms with Crippen molar-refractivity contribution < 1.29 is 28.6 Å². The summed E-state index contributed by atoms with van der Waals surface area (Å²) in [6.07, 6.45) is 35.4. The molecule has 0 heterocycles. The van der Waals surface area contributed by atoms with Crippen molar-refractivity contribution in [1.82, 2.24) is 4.90 Å². The van der Waals surface area contributed by atoms with E-state index < -0.39 is 0 Å². The molecule has 0 aromatic carbocycles. The minimum Gasteiger partial charge on any atom is -0.466 e. The highest BCUT2D eigenvalue weighted by Gasteiger charge is 2.21. The summed E-state index contributed by atoms with van der Waals surface area (Å²) in [6.45, 7) is 19.0. The molecule has 58 heavy (non-hydrogen) atoms. The lowest BCUT2D eigenvalue weighted by Gasteiger charge is -2.30. The van der Waals surface area contributed by atoms with Crippen LogP contribution in [0.1, 0.15) is 261 Å². The Bertz CT molecular complexity index is 854. The predicted octanol–water partition coefficient (Wildman–Crippen LogP) is 14.9. The molecule has 0 N–H and O–H groups in total. The highest BCUT2D eigenvalue weighted by Crippen LogP contribution is 2.23. The zero-order chi connectivity index (χ0) is 43.1. The second-order valence-corrected chi connectivity index (χ2v) is 18.3. The molecular formula is C51H99NO6. The Morgan fingerprint density at radius 1 is 0.397 bits per heavy atom. The molecule has 0 saturated heterocycles. The molecule has 0 unspecified atom stereocenters. The fourth-order valence-electron chi connectivity index (χ4n) is 8.36. The summed E-state index contributed by atoms with van der Waals surface area (Å²) >= 11 is 0. The average molecular weight is 822 g/mol. The molecule has 0 atom stereocenters. The summed E-state index contributed by atoms with van der Waals surface area (Å²) in [4.78, 5) is 40.1. The van der Waals surface area contributed by atoms with E-state index in [9.17, 15) is 14.4 Å². The van der Waals surface area contributed by atoms with Gasteiger partial charge in [0.15, 0.2) is 0 Å². The topological polar surface area (TPSA) is 82.1 Å². The molecule has 0 aromatic rings. The number of hydrogen-bond acceptors (Lipinski definition) is 7. The van der Waals surface area contributed by atoms with Crippen molar-refractivity contribution in [2.75, 3.05) is 19.8 Å². The lowest BCUT2D eigenvalue weighted by Crippen LogP contribution is -2.42. The summed E-state index contributed by atoms with van der Waals surface area (Å²) in [5.74, 6) is 1.17. The first-order valence-electron chi connectivity index (χ1n) is 25.3. The Labute approximate surface area is 361 Å². The number of rotatable bonds is 43. The van der Waals surface area contributed by atoms with Gasteiger partial charge >= 0.3 is 17.9 Å². The molecular weight excluding hydrogens is 723 g/mol. The van der Waals surface area contributed by atoms with Gasteiger partial charge in [-0.3, -0.25) is 19.3 Å². The molecule has 7 heteroatoms. The van der Waals surface area contributed by atoms with Crippen LogP contribution >= 0.6 is 0 Å². The van der Waals surface area contributed by atoms with Crippen molar-refractivity contribution >= 4 is 17.9 Å². The van der Waals surface area contributed by atoms with E-state index >= 15 is 0 Å². The van der Waals surface area contributed by atoms with Crippen LogP contribution in [-0.4, -0.2) is 60.8 Å². The summed E-state index contributed by atoms with van der Waals surface area (Å²) < 4.78 is 17.4. The third-order valence-electron chi connectivity index (χ3n) is 12.2. The number of esters is 3. The van der Waals surface area contributed by atoms with Crippen LogP contribution in [-0.2, 0) is 28.6 Å². The first-order chi connectivity index (χ1) is 28.1. The lowest BCUT2D eigenvalue weighted by molar-refractivity contribution is -0.152. The fourth-order valence-corrected chi connectivity index (χ4v) is 8.36. The quantitative estimate of drug-likeness (QED) is 0.0344. The number of ether oxygens (including phenoxy) is 3. The zero-order valence-corrected chi connectivity index (χ0v) is 40.0. The van der Waals surface area contributed by atoms with Crippen LogP contribution in [0.15, 0.2) is 0 Å². The number of unbranched alkanes of at least 4 members (excludes halogenated alkanes) is 16. The van der Waals surface area contributed by atoms with E-state index in [1.54, 1.807) is 0 Å². The molecule has 0 saturated carbocycles. The molecule has 0 radical (unpaired) electrons. The van der Waals surface area contributed by atoms with Crippen molar-refractivity contribution in [1.29, 1.82) is 0 Å². The van der Waals surface area contributed by atoms with Gasteiger partial charge in [-0.2, -0.15) is 0 Å². The fraction of sp³-hybridized carbons (Fsp3) is 0.941. The van der Waals surface area contributed by atoms with E-state index in [1.807, 2.05) is 0 Å². The van der Waals surface area contributed by atoms with E-state index in [2.05, 4.69) is 60.3 Å². The van der Waals surface area contributed by atoms with Gasteiger partial charge in [0, 0.05) is 24.9 Å². The van der Waals surface area contributed by atoms with Crippen molar-refractivity contribution in [3.05, 3.63) is 0 Å². The average Bonchev–Trinajstić information content (AvgIpc) is 3.18. The lowest BCUT2D eigenvalue weighted by atomic mass is 9.92. The molecule has 7 nitrogen and oxygen atoms in total. The van der Waals surface area contributed by atoms with Crippen molar-refractivity contribution in [2.45, 2.75) is 279 Å². The second kappa shape index (κ2) is 40.8. The molecule has 0 aliphatic rings. The van der Waals surface area contributed by atoms with E-state index in [0.29, 0.717) is 44.4 Å². The molecule has 0 spiro atoms. The molecule has 344 valence electrons. The van der Waals surface area contributed by atoms with Gasteiger partial charge in [0.1, 0.15) is 6.10 Å². The summed E-state index contributed by atoms with van der Waals surface area (Å²) in [5, 5.41) is 0. The van der Waals surface area contributed by atoms with Gasteiger partial charge < -0.3 is 14.2 Å². The Morgan fingerprint density at radius 3 is 1.07 bits per heavy atom. The Morgan fingerprint density at radius 2 is 0.724 bits per heavy atom. The number of carbonyl (C=O) groups excluding carboxylic acids is 3. The minimum absolute atomic E-state index is 0.0423. The van der Waals surface area contributed by atoms with Gasteiger partial charge in [-0.15, -0.1) is 0 Å². The second-order valence-electron chi connectivity index (χ2n) is 18.3. The van der Waals surface area contributed by atoms with Gasteiger partial charge in [0.05, 0.1) is 19.8 Å². The molecule has 0 aliphatic carbocycles. The first kappa shape index (κ1) is 56.4. The number of carbonyl (C=O) groups is 3. The summed E-state index contributed by atoms with van der Waals surface area (Å²) in [5.41, 5.74) is 0. The number of hydrogen-bond donors (Lipinski definition) is 0. The smallest absolute Gasteiger partial charge is 0.320 e. The first-order valence-corrected chi connectivity index (χ1v) is 25.3. The van der Waals surface area contributed by atoms with Crippen LogP contribution in [0.2, 0.25) is 0 Å². The highest BCUT2D eigenvalue weighted by atomic mass is 16.5. The van der Waals surface area contributed by atoms with E-state index in [0.717, 1.165) is 89.9 Å². The molecule has 0 aliphatic heterocycles. The molecule has 0 fully saturated rings. The largest absolute Gasteiger partial charge is 0.466 e. The summed E-state index contributed by atoms with van der Waals surface area (Å²) in [6, 6.07) is 0.568. The SMILES string of the molecule is CCCCCC(CCCCC)CCOC(=O)CCCCCCCC(CCCCCCCC(=O)OCCC(CCCCC)CCCCC)OC(=O)CN(C(C)C)C(C)C. The Hall–Kier alpha value is -1.63. The normalized spacial score (nSPS) is 11.9. The predicted molar refractivity (Wildman–Crippen MR) is 246 cm³/mol. The van der Waals surface area contributed by atoms with E-state index in [1.165, 1.54) is 103 Å². The molecule has 0 aromatic heterocycles. The molecule has 0 rings (SSSR count). The van der Waals surface area contributed by atoms with Crippen molar-refractivity contribution in [2.24, 2.45) is 11.8 Å². The number of nitrogens with zero attached hydrogens (tertiary/aromatic N) is 1. The van der Waals surface area contributed by atoms with Gasteiger partial charge in [-0.25, -0.2) is 0 Å². The van der Waals surface area contributed by atoms with Gasteiger partial charge in [0.2, 0.25) is 0 Å². The highest BCUT2D eigenvalue weighted by molar-refractivity contribution is 5.72. The summed E-state index contributed by atoms with van der Waals surface area (Å²) in [7, 11) is 0. The zero-order valence-electron chi connectivity index (χ0n) is 40.0. The van der Waals surface area contributed by atoms with Crippen LogP contribution in [0.3, 0.4) is 0 Å². The van der Waals surface area contributed by atoms with Crippen LogP contribution in [0.25, 0.3) is 0 Å². The van der Waals surface area contributed by atoms with Gasteiger partial charge in [-0.05, 0) is 90.9 Å². The maximum atomic E-state index is 13.1. The van der Waals surface area contributed by atoms with Crippen molar-refractivity contribution in [3.8, 4) is 0 Å². The maximum absolute atomic E-state index is 13.1.